The average Bonchev–Trinajstić information content (AvgIpc) is 3.14. The molecule has 130 valence electrons. The lowest BCUT2D eigenvalue weighted by atomic mass is 10.1. The lowest BCUT2D eigenvalue weighted by molar-refractivity contribution is -0.155. The maximum absolute atomic E-state index is 11.9. The molecular weight excluding hydrogens is 330 g/mol. The van der Waals surface area contributed by atoms with Gasteiger partial charge in [0.25, 0.3) is 5.91 Å². The molecule has 0 aliphatic rings. The zero-order chi connectivity index (χ0) is 17.7. The van der Waals surface area contributed by atoms with Crippen molar-refractivity contribution in [1.82, 2.24) is 15.5 Å². The van der Waals surface area contributed by atoms with Gasteiger partial charge in [-0.2, -0.15) is 4.98 Å². The molecule has 1 atom stereocenters. The highest BCUT2D eigenvalue weighted by Gasteiger charge is 2.22. The number of esters is 1. The van der Waals surface area contributed by atoms with Crippen LogP contribution in [0.4, 0.5) is 0 Å². The first kappa shape index (κ1) is 18.1. The van der Waals surface area contributed by atoms with E-state index in [1.165, 1.54) is 11.3 Å². The standard InChI is InChI=1S/C16H21N3O4S/c1-10(15(21)18-16(2,3)4)22-13(20)8-7-12-17-14(19-23-12)11-6-5-9-24-11/h5-6,9-10H,7-8H2,1-4H3,(H,18,21). The van der Waals surface area contributed by atoms with E-state index < -0.39 is 12.1 Å². The summed E-state index contributed by atoms with van der Waals surface area (Å²) in [5.74, 6) is 0.0597. The smallest absolute Gasteiger partial charge is 0.307 e. The van der Waals surface area contributed by atoms with Gasteiger partial charge in [0.1, 0.15) is 0 Å². The Morgan fingerprint density at radius 2 is 2.17 bits per heavy atom. The van der Waals surface area contributed by atoms with Crippen LogP contribution in [0, 0.1) is 0 Å². The van der Waals surface area contributed by atoms with E-state index in [4.69, 9.17) is 9.26 Å². The van der Waals surface area contributed by atoms with Crippen molar-refractivity contribution in [3.05, 3.63) is 23.4 Å². The first-order chi connectivity index (χ1) is 11.2. The Morgan fingerprint density at radius 3 is 2.79 bits per heavy atom. The van der Waals surface area contributed by atoms with Crippen molar-refractivity contribution in [3.8, 4) is 10.7 Å². The zero-order valence-corrected chi connectivity index (χ0v) is 15.0. The van der Waals surface area contributed by atoms with Crippen molar-refractivity contribution < 1.29 is 18.8 Å². The number of aromatic nitrogens is 2. The second kappa shape index (κ2) is 7.57. The fourth-order valence-electron chi connectivity index (χ4n) is 1.85. The first-order valence-corrected chi connectivity index (χ1v) is 8.50. The molecule has 0 bridgehead atoms. The Labute approximate surface area is 144 Å². The number of ether oxygens (including phenoxy) is 1. The molecule has 7 nitrogen and oxygen atoms in total. The predicted molar refractivity (Wildman–Crippen MR) is 89.4 cm³/mol. The van der Waals surface area contributed by atoms with Gasteiger partial charge >= 0.3 is 5.97 Å². The Bertz CT molecular complexity index is 688. The number of carbonyl (C=O) groups excluding carboxylic acids is 2. The van der Waals surface area contributed by atoms with Crippen molar-refractivity contribution >= 4 is 23.2 Å². The fraction of sp³-hybridized carbons (Fsp3) is 0.500. The van der Waals surface area contributed by atoms with Gasteiger partial charge < -0.3 is 14.6 Å². The molecule has 0 aliphatic heterocycles. The predicted octanol–water partition coefficient (Wildman–Crippen LogP) is 2.58. The first-order valence-electron chi connectivity index (χ1n) is 7.62. The maximum atomic E-state index is 11.9. The van der Waals surface area contributed by atoms with Crippen LogP contribution >= 0.6 is 11.3 Å². The minimum atomic E-state index is -0.846. The Kier molecular flexibility index (Phi) is 5.71. The number of rotatable bonds is 6. The molecule has 1 N–H and O–H groups in total. The monoisotopic (exact) mass is 351 g/mol. The largest absolute Gasteiger partial charge is 0.453 e. The number of amides is 1. The molecule has 8 heteroatoms. The van der Waals surface area contributed by atoms with Crippen molar-refractivity contribution in [2.45, 2.75) is 52.2 Å². The zero-order valence-electron chi connectivity index (χ0n) is 14.2. The third-order valence-corrected chi connectivity index (χ3v) is 3.79. The third-order valence-electron chi connectivity index (χ3n) is 2.93. The van der Waals surface area contributed by atoms with E-state index in [1.807, 2.05) is 38.3 Å². The molecule has 1 unspecified atom stereocenters. The Morgan fingerprint density at radius 1 is 1.42 bits per heavy atom. The van der Waals surface area contributed by atoms with Gasteiger partial charge in [-0.15, -0.1) is 11.3 Å². The molecule has 0 aromatic carbocycles. The summed E-state index contributed by atoms with van der Waals surface area (Å²) in [5.41, 5.74) is -0.375. The topological polar surface area (TPSA) is 94.3 Å². The molecule has 1 amide bonds. The molecule has 24 heavy (non-hydrogen) atoms. The molecule has 0 fully saturated rings. The summed E-state index contributed by atoms with van der Waals surface area (Å²) < 4.78 is 10.2. The number of thiophene rings is 1. The summed E-state index contributed by atoms with van der Waals surface area (Å²) in [4.78, 5) is 28.9. The van der Waals surface area contributed by atoms with Crippen LogP contribution in [0.15, 0.2) is 22.0 Å². The second-order valence-electron chi connectivity index (χ2n) is 6.36. The lowest BCUT2D eigenvalue weighted by Crippen LogP contribution is -2.46. The van der Waals surface area contributed by atoms with Gasteiger partial charge in [0.15, 0.2) is 6.10 Å². The van der Waals surface area contributed by atoms with Gasteiger partial charge in [-0.3, -0.25) is 9.59 Å². The van der Waals surface area contributed by atoms with Crippen molar-refractivity contribution in [2.24, 2.45) is 0 Å². The molecule has 2 rings (SSSR count). The molecule has 2 aromatic rings. The molecule has 2 aromatic heterocycles. The van der Waals surface area contributed by atoms with E-state index in [0.717, 1.165) is 4.88 Å². The van der Waals surface area contributed by atoms with Gasteiger partial charge in [-0.05, 0) is 39.1 Å². The van der Waals surface area contributed by atoms with Gasteiger partial charge in [0, 0.05) is 12.0 Å². The molecule has 0 spiro atoms. The normalized spacial score (nSPS) is 12.7. The molecule has 0 aliphatic carbocycles. The number of carbonyl (C=O) groups is 2. The highest BCUT2D eigenvalue weighted by molar-refractivity contribution is 7.13. The van der Waals surface area contributed by atoms with E-state index in [9.17, 15) is 9.59 Å². The Balaban J connectivity index is 1.80. The van der Waals surface area contributed by atoms with Crippen LogP contribution in [0.5, 0.6) is 0 Å². The fourth-order valence-corrected chi connectivity index (χ4v) is 2.50. The van der Waals surface area contributed by atoms with Crippen LogP contribution < -0.4 is 5.32 Å². The van der Waals surface area contributed by atoms with Crippen LogP contribution in [0.3, 0.4) is 0 Å². The summed E-state index contributed by atoms with van der Waals surface area (Å²) in [6.07, 6.45) is -0.509. The lowest BCUT2D eigenvalue weighted by Gasteiger charge is -2.23. The van der Waals surface area contributed by atoms with E-state index in [0.29, 0.717) is 11.7 Å². The number of nitrogens with one attached hydrogen (secondary N) is 1. The summed E-state index contributed by atoms with van der Waals surface area (Å²) >= 11 is 1.51. The summed E-state index contributed by atoms with van der Waals surface area (Å²) in [6, 6.07) is 3.79. The maximum Gasteiger partial charge on any atom is 0.307 e. The minimum Gasteiger partial charge on any atom is -0.453 e. The van der Waals surface area contributed by atoms with Crippen molar-refractivity contribution in [2.75, 3.05) is 0 Å². The second-order valence-corrected chi connectivity index (χ2v) is 7.31. The van der Waals surface area contributed by atoms with Crippen LogP contribution in [-0.4, -0.2) is 33.7 Å². The van der Waals surface area contributed by atoms with Crippen LogP contribution in [-0.2, 0) is 20.7 Å². The summed E-state index contributed by atoms with van der Waals surface area (Å²) in [6.45, 7) is 7.13. The summed E-state index contributed by atoms with van der Waals surface area (Å²) in [5, 5.41) is 8.56. The molecule has 0 saturated carbocycles. The third kappa shape index (κ3) is 5.45. The van der Waals surface area contributed by atoms with Gasteiger partial charge in [-0.1, -0.05) is 11.2 Å². The highest BCUT2D eigenvalue weighted by Crippen LogP contribution is 2.21. The summed E-state index contributed by atoms with van der Waals surface area (Å²) in [7, 11) is 0. The molecule has 2 heterocycles. The number of aryl methyl sites for hydroxylation is 1. The van der Waals surface area contributed by atoms with Crippen LogP contribution in [0.2, 0.25) is 0 Å². The van der Waals surface area contributed by atoms with E-state index >= 15 is 0 Å². The average molecular weight is 351 g/mol. The highest BCUT2D eigenvalue weighted by atomic mass is 32.1. The van der Waals surface area contributed by atoms with Crippen LogP contribution in [0.1, 0.15) is 40.0 Å². The number of nitrogens with zero attached hydrogens (tertiary/aromatic N) is 2. The van der Waals surface area contributed by atoms with Crippen molar-refractivity contribution in [3.63, 3.8) is 0 Å². The van der Waals surface area contributed by atoms with Gasteiger partial charge in [-0.25, -0.2) is 0 Å². The van der Waals surface area contributed by atoms with Crippen LogP contribution in [0.25, 0.3) is 10.7 Å². The molecule has 0 saturated heterocycles. The molecular formula is C16H21N3O4S. The SMILES string of the molecule is CC(OC(=O)CCc1nc(-c2cccs2)no1)C(=O)NC(C)(C)C. The van der Waals surface area contributed by atoms with E-state index in [2.05, 4.69) is 15.5 Å². The van der Waals surface area contributed by atoms with E-state index in [-0.39, 0.29) is 24.3 Å². The van der Waals surface area contributed by atoms with E-state index in [1.54, 1.807) is 6.92 Å². The quantitative estimate of drug-likeness (QED) is 0.804. The van der Waals surface area contributed by atoms with Gasteiger partial charge in [0.2, 0.25) is 11.7 Å². The minimum absolute atomic E-state index is 0.0687. The van der Waals surface area contributed by atoms with Gasteiger partial charge in [0.05, 0.1) is 11.3 Å². The van der Waals surface area contributed by atoms with Crippen molar-refractivity contribution in [1.29, 1.82) is 0 Å². The number of hydrogen-bond donors (Lipinski definition) is 1. The molecule has 0 radical (unpaired) electrons. The number of hydrogen-bond acceptors (Lipinski definition) is 7. The Hall–Kier alpha value is -2.22.